The van der Waals surface area contributed by atoms with Gasteiger partial charge in [0.1, 0.15) is 0 Å². The lowest BCUT2D eigenvalue weighted by atomic mass is 9.86. The Bertz CT molecular complexity index is 541. The summed E-state index contributed by atoms with van der Waals surface area (Å²) in [6, 6.07) is 6.47. The van der Waals surface area contributed by atoms with Gasteiger partial charge in [-0.25, -0.2) is 0 Å². The van der Waals surface area contributed by atoms with Crippen molar-refractivity contribution in [3.63, 3.8) is 0 Å². The molecule has 0 aliphatic heterocycles. The second kappa shape index (κ2) is 8.92. The molecule has 5 heteroatoms. The van der Waals surface area contributed by atoms with E-state index in [0.29, 0.717) is 22.9 Å². The number of carboxylic acids is 1. The fourth-order valence-electron chi connectivity index (χ4n) is 3.25. The normalized spacial score (nSPS) is 16.7. The van der Waals surface area contributed by atoms with Crippen LogP contribution in [0.4, 0.5) is 0 Å². The smallest absolute Gasteiger partial charge is 0.305 e. The first-order valence-electron chi connectivity index (χ1n) is 8.32. The van der Waals surface area contributed by atoms with Gasteiger partial charge in [0, 0.05) is 11.4 Å². The molecule has 0 bridgehead atoms. The fraction of sp³-hybridized carbons (Fsp3) is 0.556. The predicted octanol–water partition coefficient (Wildman–Crippen LogP) is 4.33. The Morgan fingerprint density at radius 1 is 1.22 bits per heavy atom. The third-order valence-corrected chi connectivity index (χ3v) is 4.84. The standard InChI is InChI=1S/C18H24ClNO3/c19-15-9-5-4-8-14(15)16(12-18(22)23)20-17(21)11-10-13-6-2-1-3-7-13/h4-5,8-9,13,16H,1-3,6-7,10-12H2,(H,20,21)(H,22,23)/t16-/m1/s1. The lowest BCUT2D eigenvalue weighted by Crippen LogP contribution is -2.30. The van der Waals surface area contributed by atoms with E-state index >= 15 is 0 Å². The molecule has 1 amide bonds. The van der Waals surface area contributed by atoms with Gasteiger partial charge in [0.25, 0.3) is 0 Å². The van der Waals surface area contributed by atoms with Crippen LogP contribution in [0.1, 0.15) is 63.0 Å². The summed E-state index contributed by atoms with van der Waals surface area (Å²) in [7, 11) is 0. The van der Waals surface area contributed by atoms with Crippen molar-refractivity contribution in [3.05, 3.63) is 34.9 Å². The molecule has 4 nitrogen and oxygen atoms in total. The van der Waals surface area contributed by atoms with Crippen LogP contribution >= 0.6 is 11.6 Å². The number of rotatable bonds is 7. The Kier molecular flexibility index (Phi) is 6.90. The summed E-state index contributed by atoms with van der Waals surface area (Å²) in [4.78, 5) is 23.3. The second-order valence-corrected chi connectivity index (χ2v) is 6.69. The number of hydrogen-bond donors (Lipinski definition) is 2. The summed E-state index contributed by atoms with van der Waals surface area (Å²) in [5.41, 5.74) is 0.655. The van der Waals surface area contributed by atoms with E-state index < -0.39 is 12.0 Å². The van der Waals surface area contributed by atoms with Crippen LogP contribution in [0.3, 0.4) is 0 Å². The first-order chi connectivity index (χ1) is 11.1. The summed E-state index contributed by atoms with van der Waals surface area (Å²) in [5.74, 6) is -0.419. The summed E-state index contributed by atoms with van der Waals surface area (Å²) in [6.45, 7) is 0. The minimum atomic E-state index is -0.956. The van der Waals surface area contributed by atoms with Gasteiger partial charge in [-0.3, -0.25) is 9.59 Å². The van der Waals surface area contributed by atoms with Crippen molar-refractivity contribution in [1.82, 2.24) is 5.32 Å². The number of carboxylic acid groups (broad SMARTS) is 1. The molecule has 126 valence electrons. The number of hydrogen-bond acceptors (Lipinski definition) is 2. The van der Waals surface area contributed by atoms with Crippen molar-refractivity contribution in [2.45, 2.75) is 57.4 Å². The van der Waals surface area contributed by atoms with Crippen LogP contribution in [-0.2, 0) is 9.59 Å². The van der Waals surface area contributed by atoms with Crippen molar-refractivity contribution < 1.29 is 14.7 Å². The lowest BCUT2D eigenvalue weighted by Gasteiger charge is -2.22. The second-order valence-electron chi connectivity index (χ2n) is 6.28. The molecular weight excluding hydrogens is 314 g/mol. The highest BCUT2D eigenvalue weighted by molar-refractivity contribution is 6.31. The van der Waals surface area contributed by atoms with Gasteiger partial charge >= 0.3 is 5.97 Å². The lowest BCUT2D eigenvalue weighted by molar-refractivity contribution is -0.137. The summed E-state index contributed by atoms with van der Waals surface area (Å²) in [5, 5.41) is 12.4. The zero-order chi connectivity index (χ0) is 16.7. The zero-order valence-electron chi connectivity index (χ0n) is 13.3. The molecule has 0 unspecified atom stereocenters. The van der Waals surface area contributed by atoms with Gasteiger partial charge < -0.3 is 10.4 Å². The largest absolute Gasteiger partial charge is 0.481 e. The monoisotopic (exact) mass is 337 g/mol. The fourth-order valence-corrected chi connectivity index (χ4v) is 3.52. The van der Waals surface area contributed by atoms with Gasteiger partial charge in [-0.15, -0.1) is 0 Å². The van der Waals surface area contributed by atoms with Crippen LogP contribution in [-0.4, -0.2) is 17.0 Å². The number of amides is 1. The average molecular weight is 338 g/mol. The maximum atomic E-state index is 12.2. The molecule has 1 aliphatic rings. The number of benzene rings is 1. The summed E-state index contributed by atoms with van der Waals surface area (Å²) in [6.07, 6.45) is 7.39. The third-order valence-electron chi connectivity index (χ3n) is 4.50. The van der Waals surface area contributed by atoms with Crippen molar-refractivity contribution in [1.29, 1.82) is 0 Å². The van der Waals surface area contributed by atoms with Gasteiger partial charge in [0.05, 0.1) is 12.5 Å². The van der Waals surface area contributed by atoms with Crippen LogP contribution in [0.2, 0.25) is 5.02 Å². The van der Waals surface area contributed by atoms with Gasteiger partial charge in [0.2, 0.25) is 5.91 Å². The molecule has 1 atom stereocenters. The van der Waals surface area contributed by atoms with Gasteiger partial charge in [-0.05, 0) is 24.0 Å². The van der Waals surface area contributed by atoms with Gasteiger partial charge in [0.15, 0.2) is 0 Å². The number of carbonyl (C=O) groups excluding carboxylic acids is 1. The Hall–Kier alpha value is -1.55. The number of aliphatic carboxylic acids is 1. The maximum absolute atomic E-state index is 12.2. The van der Waals surface area contributed by atoms with Crippen molar-refractivity contribution in [2.75, 3.05) is 0 Å². The van der Waals surface area contributed by atoms with Crippen LogP contribution in [0, 0.1) is 5.92 Å². The number of halogens is 1. The van der Waals surface area contributed by atoms with E-state index in [1.165, 1.54) is 32.1 Å². The van der Waals surface area contributed by atoms with E-state index in [0.717, 1.165) is 6.42 Å². The minimum absolute atomic E-state index is 0.0956. The zero-order valence-corrected chi connectivity index (χ0v) is 14.0. The topological polar surface area (TPSA) is 66.4 Å². The highest BCUT2D eigenvalue weighted by atomic mass is 35.5. The van der Waals surface area contributed by atoms with Crippen molar-refractivity contribution >= 4 is 23.5 Å². The Morgan fingerprint density at radius 3 is 2.57 bits per heavy atom. The SMILES string of the molecule is O=C(O)C[C@@H](NC(=O)CCC1CCCCC1)c1ccccc1Cl. The molecule has 1 aliphatic carbocycles. The molecule has 23 heavy (non-hydrogen) atoms. The Labute approximate surface area is 142 Å². The van der Waals surface area contributed by atoms with E-state index in [2.05, 4.69) is 5.32 Å². The molecule has 2 N–H and O–H groups in total. The molecule has 0 aromatic heterocycles. The highest BCUT2D eigenvalue weighted by Crippen LogP contribution is 2.28. The van der Waals surface area contributed by atoms with Crippen LogP contribution < -0.4 is 5.32 Å². The van der Waals surface area contributed by atoms with E-state index in [4.69, 9.17) is 16.7 Å². The maximum Gasteiger partial charge on any atom is 0.305 e. The molecule has 0 heterocycles. The molecule has 2 rings (SSSR count). The van der Waals surface area contributed by atoms with E-state index in [9.17, 15) is 9.59 Å². The Balaban J connectivity index is 1.93. The quantitative estimate of drug-likeness (QED) is 0.778. The first-order valence-corrected chi connectivity index (χ1v) is 8.69. The molecule has 1 aromatic carbocycles. The highest BCUT2D eigenvalue weighted by Gasteiger charge is 2.21. The first kappa shape index (κ1) is 17.8. The molecular formula is C18H24ClNO3. The molecule has 0 saturated heterocycles. The molecule has 1 saturated carbocycles. The molecule has 0 radical (unpaired) electrons. The van der Waals surface area contributed by atoms with Crippen LogP contribution in [0.25, 0.3) is 0 Å². The van der Waals surface area contributed by atoms with Crippen molar-refractivity contribution in [2.24, 2.45) is 5.92 Å². The van der Waals surface area contributed by atoms with Crippen molar-refractivity contribution in [3.8, 4) is 0 Å². The van der Waals surface area contributed by atoms with Gasteiger partial charge in [-0.1, -0.05) is 61.9 Å². The molecule has 0 spiro atoms. The molecule has 1 fully saturated rings. The predicted molar refractivity (Wildman–Crippen MR) is 90.4 cm³/mol. The van der Waals surface area contributed by atoms with Crippen LogP contribution in [0.5, 0.6) is 0 Å². The van der Waals surface area contributed by atoms with E-state index in [1.54, 1.807) is 24.3 Å². The minimum Gasteiger partial charge on any atom is -0.481 e. The molecule has 1 aromatic rings. The summed E-state index contributed by atoms with van der Waals surface area (Å²) >= 11 is 6.14. The van der Waals surface area contributed by atoms with E-state index in [1.807, 2.05) is 0 Å². The van der Waals surface area contributed by atoms with Gasteiger partial charge in [-0.2, -0.15) is 0 Å². The number of nitrogens with one attached hydrogen (secondary N) is 1. The van der Waals surface area contributed by atoms with Crippen LogP contribution in [0.15, 0.2) is 24.3 Å². The summed E-state index contributed by atoms with van der Waals surface area (Å²) < 4.78 is 0. The third kappa shape index (κ3) is 5.87. The van der Waals surface area contributed by atoms with E-state index in [-0.39, 0.29) is 12.3 Å². The number of carbonyl (C=O) groups is 2. The average Bonchev–Trinajstić information content (AvgIpc) is 2.53. The Morgan fingerprint density at radius 2 is 1.91 bits per heavy atom.